The number of hydrogen-bond donors (Lipinski definition) is 1. The van der Waals surface area contributed by atoms with Crippen LogP contribution >= 0.6 is 0 Å². The number of nitro benzene ring substituents is 1. The standard InChI is InChI=1S/C10H8N2O4/c1-16-9-4-7(12(14)15)2-6-3-8(13)5-11-10(6)9/h2-5,13H,1H3. The highest BCUT2D eigenvalue weighted by Crippen LogP contribution is 2.30. The van der Waals surface area contributed by atoms with E-state index in [0.29, 0.717) is 16.7 Å². The second-order valence-electron chi connectivity index (χ2n) is 3.17. The Bertz CT molecular complexity index is 568. The van der Waals surface area contributed by atoms with Gasteiger partial charge in [-0.05, 0) is 6.07 Å². The van der Waals surface area contributed by atoms with Crippen molar-refractivity contribution in [1.82, 2.24) is 4.98 Å². The Morgan fingerprint density at radius 3 is 2.81 bits per heavy atom. The van der Waals surface area contributed by atoms with Crippen molar-refractivity contribution in [2.24, 2.45) is 0 Å². The predicted molar refractivity (Wildman–Crippen MR) is 56.6 cm³/mol. The summed E-state index contributed by atoms with van der Waals surface area (Å²) in [6.07, 6.45) is 1.26. The maximum atomic E-state index is 10.7. The molecule has 0 saturated carbocycles. The molecular formula is C10H8N2O4. The summed E-state index contributed by atoms with van der Waals surface area (Å²) in [7, 11) is 1.41. The van der Waals surface area contributed by atoms with Crippen LogP contribution in [-0.4, -0.2) is 22.1 Å². The zero-order valence-electron chi connectivity index (χ0n) is 8.38. The first-order chi connectivity index (χ1) is 7.61. The number of nitro groups is 1. The summed E-state index contributed by atoms with van der Waals surface area (Å²) in [5.74, 6) is 0.263. The van der Waals surface area contributed by atoms with Gasteiger partial charge in [0.25, 0.3) is 5.69 Å². The van der Waals surface area contributed by atoms with Gasteiger partial charge in [0.05, 0.1) is 24.3 Å². The summed E-state index contributed by atoms with van der Waals surface area (Å²) in [4.78, 5) is 14.1. The van der Waals surface area contributed by atoms with E-state index in [2.05, 4.69) is 4.98 Å². The number of pyridine rings is 1. The lowest BCUT2D eigenvalue weighted by Crippen LogP contribution is -1.92. The van der Waals surface area contributed by atoms with Crippen LogP contribution < -0.4 is 4.74 Å². The number of hydrogen-bond acceptors (Lipinski definition) is 5. The minimum Gasteiger partial charge on any atom is -0.506 e. The zero-order valence-corrected chi connectivity index (χ0v) is 8.38. The average molecular weight is 220 g/mol. The van der Waals surface area contributed by atoms with Gasteiger partial charge in [-0.3, -0.25) is 10.1 Å². The first-order valence-electron chi connectivity index (χ1n) is 4.43. The van der Waals surface area contributed by atoms with Crippen LogP contribution in [0.2, 0.25) is 0 Å². The van der Waals surface area contributed by atoms with Crippen LogP contribution in [0.1, 0.15) is 0 Å². The Kier molecular flexibility index (Phi) is 2.32. The summed E-state index contributed by atoms with van der Waals surface area (Å²) in [6, 6.07) is 4.04. The van der Waals surface area contributed by atoms with E-state index in [4.69, 9.17) is 4.74 Å². The van der Waals surface area contributed by atoms with Crippen LogP contribution in [0.15, 0.2) is 24.4 Å². The van der Waals surface area contributed by atoms with Gasteiger partial charge in [0.1, 0.15) is 11.3 Å². The average Bonchev–Trinajstić information content (AvgIpc) is 2.26. The number of aromatic nitrogens is 1. The Labute approximate surface area is 90.3 Å². The third-order valence-electron chi connectivity index (χ3n) is 2.15. The lowest BCUT2D eigenvalue weighted by Gasteiger charge is -2.04. The molecule has 0 atom stereocenters. The van der Waals surface area contributed by atoms with Crippen LogP contribution in [0.4, 0.5) is 5.69 Å². The molecule has 0 saturated heterocycles. The smallest absolute Gasteiger partial charge is 0.273 e. The van der Waals surface area contributed by atoms with Crippen molar-refractivity contribution in [1.29, 1.82) is 0 Å². The fourth-order valence-corrected chi connectivity index (χ4v) is 1.45. The maximum absolute atomic E-state index is 10.7. The normalized spacial score (nSPS) is 10.3. The molecule has 1 N–H and O–H groups in total. The van der Waals surface area contributed by atoms with Gasteiger partial charge in [0.15, 0.2) is 5.75 Å². The first kappa shape index (κ1) is 10.2. The number of aromatic hydroxyl groups is 1. The van der Waals surface area contributed by atoms with Crippen LogP contribution in [0.25, 0.3) is 10.9 Å². The molecule has 1 aromatic carbocycles. The molecule has 2 rings (SSSR count). The topological polar surface area (TPSA) is 85.5 Å². The summed E-state index contributed by atoms with van der Waals surface area (Å²) in [6.45, 7) is 0. The molecule has 82 valence electrons. The highest BCUT2D eigenvalue weighted by Gasteiger charge is 2.13. The van der Waals surface area contributed by atoms with Crippen LogP contribution in [0.3, 0.4) is 0 Å². The van der Waals surface area contributed by atoms with Crippen molar-refractivity contribution in [2.45, 2.75) is 0 Å². The van der Waals surface area contributed by atoms with Crippen molar-refractivity contribution in [3.8, 4) is 11.5 Å². The van der Waals surface area contributed by atoms with Crippen molar-refractivity contribution in [3.05, 3.63) is 34.5 Å². The van der Waals surface area contributed by atoms with Gasteiger partial charge in [-0.15, -0.1) is 0 Å². The largest absolute Gasteiger partial charge is 0.506 e. The van der Waals surface area contributed by atoms with Gasteiger partial charge in [0.2, 0.25) is 0 Å². The fraction of sp³-hybridized carbons (Fsp3) is 0.100. The third kappa shape index (κ3) is 1.60. The summed E-state index contributed by atoms with van der Waals surface area (Å²) in [5, 5.41) is 20.4. The van der Waals surface area contributed by atoms with Gasteiger partial charge in [0, 0.05) is 11.5 Å². The number of rotatable bonds is 2. The second-order valence-corrected chi connectivity index (χ2v) is 3.17. The van der Waals surface area contributed by atoms with Crippen LogP contribution in [0, 0.1) is 10.1 Å². The molecule has 0 aliphatic rings. The number of fused-ring (bicyclic) bond motifs is 1. The Morgan fingerprint density at radius 1 is 1.44 bits per heavy atom. The van der Waals surface area contributed by atoms with Crippen molar-refractivity contribution in [2.75, 3.05) is 7.11 Å². The molecule has 0 aliphatic carbocycles. The lowest BCUT2D eigenvalue weighted by atomic mass is 10.2. The van der Waals surface area contributed by atoms with E-state index >= 15 is 0 Å². The van der Waals surface area contributed by atoms with E-state index in [9.17, 15) is 15.2 Å². The van der Waals surface area contributed by atoms with Gasteiger partial charge >= 0.3 is 0 Å². The minimum atomic E-state index is -0.522. The highest BCUT2D eigenvalue weighted by atomic mass is 16.6. The molecule has 6 nitrogen and oxygen atoms in total. The van der Waals surface area contributed by atoms with Crippen LogP contribution in [-0.2, 0) is 0 Å². The van der Waals surface area contributed by atoms with Crippen LogP contribution in [0.5, 0.6) is 11.5 Å². The molecule has 0 radical (unpaired) electrons. The minimum absolute atomic E-state index is 0.0462. The van der Waals surface area contributed by atoms with E-state index in [0.717, 1.165) is 0 Å². The Morgan fingerprint density at radius 2 is 2.19 bits per heavy atom. The molecule has 0 spiro atoms. The Balaban J connectivity index is 2.78. The fourth-order valence-electron chi connectivity index (χ4n) is 1.45. The SMILES string of the molecule is COc1cc([N+](=O)[O-])cc2cc(O)cnc12. The first-order valence-corrected chi connectivity index (χ1v) is 4.43. The molecule has 0 amide bonds. The van der Waals surface area contributed by atoms with E-state index in [1.807, 2.05) is 0 Å². The molecule has 0 aliphatic heterocycles. The predicted octanol–water partition coefficient (Wildman–Crippen LogP) is 1.86. The van der Waals surface area contributed by atoms with E-state index in [1.165, 1.54) is 31.5 Å². The van der Waals surface area contributed by atoms with E-state index in [1.54, 1.807) is 0 Å². The van der Waals surface area contributed by atoms with Gasteiger partial charge < -0.3 is 9.84 Å². The van der Waals surface area contributed by atoms with Gasteiger partial charge in [-0.2, -0.15) is 0 Å². The van der Waals surface area contributed by atoms with Crippen molar-refractivity contribution >= 4 is 16.6 Å². The molecule has 2 aromatic rings. The summed E-state index contributed by atoms with van der Waals surface area (Å²) in [5.41, 5.74) is 0.377. The molecule has 0 unspecified atom stereocenters. The number of methoxy groups -OCH3 is 1. The molecular weight excluding hydrogens is 212 g/mol. The maximum Gasteiger partial charge on any atom is 0.273 e. The molecule has 1 aromatic heterocycles. The van der Waals surface area contributed by atoms with E-state index < -0.39 is 4.92 Å². The zero-order chi connectivity index (χ0) is 11.7. The van der Waals surface area contributed by atoms with Crippen molar-refractivity contribution < 1.29 is 14.8 Å². The summed E-state index contributed by atoms with van der Waals surface area (Å²) < 4.78 is 5.01. The molecule has 0 bridgehead atoms. The quantitative estimate of drug-likeness (QED) is 0.616. The monoisotopic (exact) mass is 220 g/mol. The second kappa shape index (κ2) is 3.65. The highest BCUT2D eigenvalue weighted by molar-refractivity contribution is 5.87. The lowest BCUT2D eigenvalue weighted by molar-refractivity contribution is -0.384. The summed E-state index contributed by atoms with van der Waals surface area (Å²) >= 11 is 0. The number of non-ortho nitro benzene ring substituents is 1. The third-order valence-corrected chi connectivity index (χ3v) is 2.15. The molecule has 6 heteroatoms. The molecule has 16 heavy (non-hydrogen) atoms. The van der Waals surface area contributed by atoms with Gasteiger partial charge in [-0.25, -0.2) is 4.98 Å². The van der Waals surface area contributed by atoms with E-state index in [-0.39, 0.29) is 11.4 Å². The number of benzene rings is 1. The number of nitrogens with zero attached hydrogens (tertiary/aromatic N) is 2. The van der Waals surface area contributed by atoms with Crippen molar-refractivity contribution in [3.63, 3.8) is 0 Å². The number of ether oxygens (including phenoxy) is 1. The molecule has 0 fully saturated rings. The molecule has 1 heterocycles. The van der Waals surface area contributed by atoms with Gasteiger partial charge in [-0.1, -0.05) is 0 Å². The Hall–Kier alpha value is -2.37.